The van der Waals surface area contributed by atoms with Crippen LogP contribution in [0.5, 0.6) is 0 Å². The van der Waals surface area contributed by atoms with Crippen LogP contribution in [-0.2, 0) is 16.6 Å². The number of hydrogen-bond donors (Lipinski definition) is 1. The van der Waals surface area contributed by atoms with Crippen LogP contribution < -0.4 is 4.72 Å². The number of benzene rings is 3. The van der Waals surface area contributed by atoms with Crippen LogP contribution in [0.4, 0.5) is 0 Å². The van der Waals surface area contributed by atoms with Crippen LogP contribution in [-0.4, -0.2) is 18.9 Å². The van der Waals surface area contributed by atoms with E-state index in [9.17, 15) is 13.2 Å². The van der Waals surface area contributed by atoms with Crippen LogP contribution in [0.2, 0.25) is 5.02 Å². The molecule has 0 aliphatic rings. The van der Waals surface area contributed by atoms with Crippen LogP contribution in [0.1, 0.15) is 32.7 Å². The van der Waals surface area contributed by atoms with E-state index in [2.05, 4.69) is 16.9 Å². The maximum absolute atomic E-state index is 13.2. The summed E-state index contributed by atoms with van der Waals surface area (Å²) >= 11 is 6.24. The van der Waals surface area contributed by atoms with Gasteiger partial charge in [0.25, 0.3) is 15.9 Å². The van der Waals surface area contributed by atoms with Gasteiger partial charge in [0, 0.05) is 17.0 Å². The first-order valence-electron chi connectivity index (χ1n) is 10.1. The Morgan fingerprint density at radius 2 is 1.59 bits per heavy atom. The molecule has 7 heteroatoms. The zero-order valence-corrected chi connectivity index (χ0v) is 19.6. The number of aryl methyl sites for hydroxylation is 3. The minimum absolute atomic E-state index is 0.0317. The van der Waals surface area contributed by atoms with Crippen molar-refractivity contribution in [1.29, 1.82) is 0 Å². The quantitative estimate of drug-likeness (QED) is 0.429. The number of hydrogen-bond acceptors (Lipinski definition) is 3. The summed E-state index contributed by atoms with van der Waals surface area (Å²) in [4.78, 5) is 13.2. The van der Waals surface area contributed by atoms with Crippen molar-refractivity contribution in [2.45, 2.75) is 32.2 Å². The highest BCUT2D eigenvalue weighted by Gasteiger charge is 2.23. The second-order valence-electron chi connectivity index (χ2n) is 7.94. The molecule has 0 atom stereocenters. The lowest BCUT2D eigenvalue weighted by molar-refractivity contribution is 0.0973. The van der Waals surface area contributed by atoms with Gasteiger partial charge in [-0.15, -0.1) is 0 Å². The van der Waals surface area contributed by atoms with Gasteiger partial charge in [0.1, 0.15) is 5.69 Å². The van der Waals surface area contributed by atoms with E-state index < -0.39 is 15.9 Å². The van der Waals surface area contributed by atoms with Gasteiger partial charge in [-0.25, -0.2) is 13.1 Å². The number of halogens is 1. The van der Waals surface area contributed by atoms with Crippen molar-refractivity contribution in [3.05, 3.63) is 99.7 Å². The summed E-state index contributed by atoms with van der Waals surface area (Å²) in [5, 5.41) is 1.34. The van der Waals surface area contributed by atoms with E-state index in [1.165, 1.54) is 12.1 Å². The van der Waals surface area contributed by atoms with Gasteiger partial charge in [0.05, 0.1) is 10.4 Å². The molecular weight excluding hydrogens is 444 g/mol. The van der Waals surface area contributed by atoms with Gasteiger partial charge in [0.2, 0.25) is 0 Å². The summed E-state index contributed by atoms with van der Waals surface area (Å²) in [6.07, 6.45) is 0. The monoisotopic (exact) mass is 466 g/mol. The largest absolute Gasteiger partial charge is 0.332 e. The molecule has 4 aromatic rings. The second-order valence-corrected chi connectivity index (χ2v) is 10.1. The molecular formula is C25H23ClN2O3S. The van der Waals surface area contributed by atoms with Crippen molar-refractivity contribution < 1.29 is 13.2 Å². The third-order valence-corrected chi connectivity index (χ3v) is 7.12. The normalized spacial score (nSPS) is 11.6. The fourth-order valence-corrected chi connectivity index (χ4v) is 5.18. The molecule has 4 rings (SSSR count). The van der Waals surface area contributed by atoms with Crippen LogP contribution in [0, 0.1) is 20.8 Å². The Labute approximate surface area is 192 Å². The minimum Gasteiger partial charge on any atom is -0.332 e. The molecule has 0 unspecified atom stereocenters. The summed E-state index contributed by atoms with van der Waals surface area (Å²) in [6.45, 7) is 6.53. The number of aromatic nitrogens is 1. The Bertz CT molecular complexity index is 1420. The van der Waals surface area contributed by atoms with Crippen molar-refractivity contribution in [1.82, 2.24) is 9.29 Å². The lowest BCUT2D eigenvalue weighted by atomic mass is 9.99. The Hall–Kier alpha value is -3.09. The molecule has 0 aliphatic heterocycles. The highest BCUT2D eigenvalue weighted by molar-refractivity contribution is 7.90. The van der Waals surface area contributed by atoms with E-state index in [0.717, 1.165) is 33.2 Å². The Morgan fingerprint density at radius 3 is 2.25 bits per heavy atom. The number of nitrogens with zero attached hydrogens (tertiary/aromatic N) is 1. The van der Waals surface area contributed by atoms with E-state index in [1.54, 1.807) is 36.4 Å². The molecule has 1 aromatic heterocycles. The average molecular weight is 467 g/mol. The number of carbonyl (C=O) groups excluding carboxylic acids is 1. The topological polar surface area (TPSA) is 68.2 Å². The number of rotatable bonds is 5. The molecule has 3 aromatic carbocycles. The fraction of sp³-hybridized carbons (Fsp3) is 0.160. The van der Waals surface area contributed by atoms with Crippen molar-refractivity contribution in [3.8, 4) is 0 Å². The second kappa shape index (κ2) is 8.45. The van der Waals surface area contributed by atoms with Crippen molar-refractivity contribution in [3.63, 3.8) is 0 Å². The third-order valence-electron chi connectivity index (χ3n) is 5.54. The summed E-state index contributed by atoms with van der Waals surface area (Å²) in [5.41, 5.74) is 5.47. The molecule has 0 bridgehead atoms. The van der Waals surface area contributed by atoms with Crippen molar-refractivity contribution >= 4 is 38.4 Å². The summed E-state index contributed by atoms with van der Waals surface area (Å²) in [6, 6.07) is 19.1. The standard InChI is InChI=1S/C25H23ClN2O3S/c1-16-11-17(2)22(18(3)12-16)15-28-23-14-20(26)10-9-19(23)13-24(28)25(29)27-32(30,31)21-7-5-4-6-8-21/h4-14H,15H2,1-3H3,(H,27,29). The molecule has 0 radical (unpaired) electrons. The van der Waals surface area contributed by atoms with Gasteiger partial charge in [-0.2, -0.15) is 0 Å². The molecule has 1 amide bonds. The molecule has 1 heterocycles. The van der Waals surface area contributed by atoms with Gasteiger partial charge < -0.3 is 4.57 Å². The highest BCUT2D eigenvalue weighted by Crippen LogP contribution is 2.27. The molecule has 1 N–H and O–H groups in total. The maximum atomic E-state index is 13.2. The van der Waals surface area contributed by atoms with E-state index in [0.29, 0.717) is 11.6 Å². The molecule has 0 spiro atoms. The van der Waals surface area contributed by atoms with E-state index in [1.807, 2.05) is 31.4 Å². The molecule has 5 nitrogen and oxygen atoms in total. The molecule has 0 saturated heterocycles. The Morgan fingerprint density at radius 1 is 0.938 bits per heavy atom. The third kappa shape index (κ3) is 4.29. The van der Waals surface area contributed by atoms with E-state index >= 15 is 0 Å². The van der Waals surface area contributed by atoms with Crippen LogP contribution in [0.25, 0.3) is 10.9 Å². The van der Waals surface area contributed by atoms with E-state index in [4.69, 9.17) is 11.6 Å². The van der Waals surface area contributed by atoms with Gasteiger partial charge in [-0.3, -0.25) is 4.79 Å². The summed E-state index contributed by atoms with van der Waals surface area (Å²) in [5.74, 6) is -0.691. The van der Waals surface area contributed by atoms with Gasteiger partial charge in [0.15, 0.2) is 0 Å². The highest BCUT2D eigenvalue weighted by atomic mass is 35.5. The fourth-order valence-electron chi connectivity index (χ4n) is 4.04. The predicted molar refractivity (Wildman–Crippen MR) is 128 cm³/mol. The van der Waals surface area contributed by atoms with Crippen LogP contribution >= 0.6 is 11.6 Å². The van der Waals surface area contributed by atoms with Crippen molar-refractivity contribution in [2.75, 3.05) is 0 Å². The smallest absolute Gasteiger partial charge is 0.281 e. The molecule has 0 aliphatic carbocycles. The first-order chi connectivity index (χ1) is 15.2. The number of fused-ring (bicyclic) bond motifs is 1. The van der Waals surface area contributed by atoms with Crippen LogP contribution in [0.15, 0.2) is 71.6 Å². The zero-order valence-electron chi connectivity index (χ0n) is 18.0. The van der Waals surface area contributed by atoms with Gasteiger partial charge >= 0.3 is 0 Å². The molecule has 164 valence electrons. The van der Waals surface area contributed by atoms with Crippen molar-refractivity contribution in [2.24, 2.45) is 0 Å². The Kier molecular flexibility index (Phi) is 5.84. The SMILES string of the molecule is Cc1cc(C)c(Cn2c(C(=O)NS(=O)(=O)c3ccccc3)cc3ccc(Cl)cc32)c(C)c1. The minimum atomic E-state index is -4.00. The Balaban J connectivity index is 1.81. The first kappa shape index (κ1) is 22.1. The van der Waals surface area contributed by atoms with E-state index in [-0.39, 0.29) is 10.6 Å². The number of sulfonamides is 1. The molecule has 32 heavy (non-hydrogen) atoms. The lowest BCUT2D eigenvalue weighted by Crippen LogP contribution is -2.32. The number of nitrogens with one attached hydrogen (secondary N) is 1. The molecule has 0 fully saturated rings. The van der Waals surface area contributed by atoms with Gasteiger partial charge in [-0.1, -0.05) is 53.6 Å². The number of carbonyl (C=O) groups is 1. The summed E-state index contributed by atoms with van der Waals surface area (Å²) in [7, 11) is -4.00. The maximum Gasteiger partial charge on any atom is 0.281 e. The lowest BCUT2D eigenvalue weighted by Gasteiger charge is -2.16. The number of amides is 1. The first-order valence-corrected chi connectivity index (χ1v) is 12.0. The zero-order chi connectivity index (χ0) is 23.0. The summed E-state index contributed by atoms with van der Waals surface area (Å²) < 4.78 is 29.5. The average Bonchev–Trinajstić information content (AvgIpc) is 3.08. The molecule has 0 saturated carbocycles. The predicted octanol–water partition coefficient (Wildman–Crippen LogP) is 5.39. The van der Waals surface area contributed by atoms with Crippen LogP contribution in [0.3, 0.4) is 0 Å². The van der Waals surface area contributed by atoms with Gasteiger partial charge in [-0.05, 0) is 67.8 Å².